The Kier molecular flexibility index (Phi) is 5.72. The Labute approximate surface area is 109 Å². The minimum Gasteiger partial charge on any atom is -0.479 e. The quantitative estimate of drug-likeness (QED) is 0.693. The molecule has 0 aromatic heterocycles. The van der Waals surface area contributed by atoms with Crippen molar-refractivity contribution in [1.29, 1.82) is 0 Å². The zero-order valence-electron chi connectivity index (χ0n) is 11.7. The molecule has 0 saturated carbocycles. The normalized spacial score (nSPS) is 16.1. The number of hydrogen-bond donors (Lipinski definition) is 2. The molecule has 2 N–H and O–H groups in total. The standard InChI is InChI=1S/C10H22O6Si2/c1-17(2,3)15-7(9(11)12)8(10(13)14)16-18(4,5)6/h7-8H,1-6H3,(H,11,12)(H,13,14)/t7-,8-/m1/s1. The lowest BCUT2D eigenvalue weighted by molar-refractivity contribution is -0.162. The summed E-state index contributed by atoms with van der Waals surface area (Å²) in [4.78, 5) is 22.4. The van der Waals surface area contributed by atoms with Crippen molar-refractivity contribution < 1.29 is 28.7 Å². The van der Waals surface area contributed by atoms with Crippen molar-refractivity contribution in [2.45, 2.75) is 51.5 Å². The maximum atomic E-state index is 11.2. The number of carbonyl (C=O) groups is 2. The number of carboxylic acid groups (broad SMARTS) is 2. The fourth-order valence-electron chi connectivity index (χ4n) is 1.25. The summed E-state index contributed by atoms with van der Waals surface area (Å²) in [5, 5.41) is 18.2. The number of aliphatic carboxylic acids is 2. The van der Waals surface area contributed by atoms with Crippen molar-refractivity contribution in [3.63, 3.8) is 0 Å². The van der Waals surface area contributed by atoms with Gasteiger partial charge in [0.2, 0.25) is 0 Å². The van der Waals surface area contributed by atoms with E-state index in [1.54, 1.807) is 39.3 Å². The van der Waals surface area contributed by atoms with Gasteiger partial charge in [-0.25, -0.2) is 9.59 Å². The van der Waals surface area contributed by atoms with Crippen LogP contribution in [0, 0.1) is 0 Å². The molecule has 0 aromatic carbocycles. The van der Waals surface area contributed by atoms with Crippen LogP contribution in [0.2, 0.25) is 39.3 Å². The Morgan fingerprint density at radius 3 is 1.11 bits per heavy atom. The van der Waals surface area contributed by atoms with Gasteiger partial charge in [-0.05, 0) is 39.3 Å². The Hall–Kier alpha value is -0.706. The fraction of sp³-hybridized carbons (Fsp3) is 0.800. The average molecular weight is 294 g/mol. The molecule has 0 fully saturated rings. The molecule has 0 heterocycles. The number of rotatable bonds is 7. The van der Waals surface area contributed by atoms with Gasteiger partial charge >= 0.3 is 11.9 Å². The second-order valence-corrected chi connectivity index (χ2v) is 14.9. The van der Waals surface area contributed by atoms with Crippen LogP contribution in [0.1, 0.15) is 0 Å². The first-order valence-electron chi connectivity index (χ1n) is 5.65. The molecule has 0 aliphatic rings. The summed E-state index contributed by atoms with van der Waals surface area (Å²) in [5.41, 5.74) is 0. The van der Waals surface area contributed by atoms with Gasteiger partial charge in [0.25, 0.3) is 0 Å². The van der Waals surface area contributed by atoms with Crippen LogP contribution in [0.25, 0.3) is 0 Å². The van der Waals surface area contributed by atoms with E-state index >= 15 is 0 Å². The van der Waals surface area contributed by atoms with Gasteiger partial charge in [-0.1, -0.05) is 0 Å². The van der Waals surface area contributed by atoms with E-state index < -0.39 is 40.8 Å². The fourth-order valence-corrected chi connectivity index (χ4v) is 3.22. The molecule has 0 aliphatic carbocycles. The van der Waals surface area contributed by atoms with Crippen LogP contribution in [-0.4, -0.2) is 51.0 Å². The highest BCUT2D eigenvalue weighted by atomic mass is 28.4. The summed E-state index contributed by atoms with van der Waals surface area (Å²) in [6, 6.07) is 0. The smallest absolute Gasteiger partial charge is 0.334 e. The predicted molar refractivity (Wildman–Crippen MR) is 71.7 cm³/mol. The van der Waals surface area contributed by atoms with Crippen LogP contribution < -0.4 is 0 Å². The molecule has 0 unspecified atom stereocenters. The van der Waals surface area contributed by atoms with Gasteiger partial charge < -0.3 is 19.1 Å². The molecule has 8 heteroatoms. The van der Waals surface area contributed by atoms with Gasteiger partial charge in [-0.15, -0.1) is 0 Å². The van der Waals surface area contributed by atoms with Crippen molar-refractivity contribution in [2.75, 3.05) is 0 Å². The highest BCUT2D eigenvalue weighted by Gasteiger charge is 2.41. The first-order chi connectivity index (χ1) is 7.83. The van der Waals surface area contributed by atoms with Crippen molar-refractivity contribution >= 4 is 28.6 Å². The molecule has 0 radical (unpaired) electrons. The van der Waals surface area contributed by atoms with Crippen LogP contribution in [-0.2, 0) is 18.4 Å². The zero-order valence-corrected chi connectivity index (χ0v) is 13.7. The summed E-state index contributed by atoms with van der Waals surface area (Å²) in [6.45, 7) is 10.8. The molecule has 6 nitrogen and oxygen atoms in total. The summed E-state index contributed by atoms with van der Waals surface area (Å²) < 4.78 is 10.8. The molecule has 0 saturated heterocycles. The van der Waals surface area contributed by atoms with E-state index in [4.69, 9.17) is 19.1 Å². The maximum Gasteiger partial charge on any atom is 0.334 e. The minimum absolute atomic E-state index is 1.30. The van der Waals surface area contributed by atoms with Crippen LogP contribution in [0.5, 0.6) is 0 Å². The third kappa shape index (κ3) is 6.89. The SMILES string of the molecule is C[Si](C)(C)O[C@@H](C(=O)O)[C@@H](O[Si](C)(C)C)C(=O)O. The highest BCUT2D eigenvalue weighted by Crippen LogP contribution is 2.17. The van der Waals surface area contributed by atoms with E-state index in [9.17, 15) is 9.59 Å². The van der Waals surface area contributed by atoms with Gasteiger partial charge in [-0.3, -0.25) is 0 Å². The average Bonchev–Trinajstić information content (AvgIpc) is 2.06. The van der Waals surface area contributed by atoms with E-state index in [1.165, 1.54) is 0 Å². The molecule has 106 valence electrons. The van der Waals surface area contributed by atoms with Crippen LogP contribution in [0.4, 0.5) is 0 Å². The van der Waals surface area contributed by atoms with Crippen LogP contribution in [0.3, 0.4) is 0 Å². The van der Waals surface area contributed by atoms with Crippen molar-refractivity contribution in [3.8, 4) is 0 Å². The Morgan fingerprint density at radius 2 is 1.00 bits per heavy atom. The lowest BCUT2D eigenvalue weighted by Crippen LogP contribution is -2.51. The maximum absolute atomic E-state index is 11.2. The van der Waals surface area contributed by atoms with E-state index in [0.29, 0.717) is 0 Å². The van der Waals surface area contributed by atoms with Gasteiger partial charge in [0.15, 0.2) is 28.8 Å². The first-order valence-corrected chi connectivity index (χ1v) is 12.5. The van der Waals surface area contributed by atoms with Crippen molar-refractivity contribution in [3.05, 3.63) is 0 Å². The summed E-state index contributed by atoms with van der Waals surface area (Å²) in [6.07, 6.45) is -2.92. The molecule has 0 spiro atoms. The van der Waals surface area contributed by atoms with E-state index in [1.807, 2.05) is 0 Å². The van der Waals surface area contributed by atoms with Gasteiger partial charge in [0.05, 0.1) is 0 Å². The molecule has 0 aromatic rings. The summed E-state index contributed by atoms with van der Waals surface area (Å²) in [7, 11) is -4.35. The molecule has 18 heavy (non-hydrogen) atoms. The van der Waals surface area contributed by atoms with Crippen LogP contribution in [0.15, 0.2) is 0 Å². The monoisotopic (exact) mass is 294 g/mol. The number of carboxylic acids is 2. The molecule has 0 amide bonds. The largest absolute Gasteiger partial charge is 0.479 e. The van der Waals surface area contributed by atoms with Crippen LogP contribution >= 0.6 is 0 Å². The van der Waals surface area contributed by atoms with Gasteiger partial charge in [-0.2, -0.15) is 0 Å². The summed E-state index contributed by atoms with van der Waals surface area (Å²) in [5.74, 6) is -2.61. The molecule has 2 atom stereocenters. The Morgan fingerprint density at radius 1 is 0.778 bits per heavy atom. The zero-order chi connectivity index (χ0) is 14.7. The molecule has 0 bridgehead atoms. The van der Waals surface area contributed by atoms with E-state index in [0.717, 1.165) is 0 Å². The lowest BCUT2D eigenvalue weighted by atomic mass is 10.2. The molecule has 0 aliphatic heterocycles. The van der Waals surface area contributed by atoms with Gasteiger partial charge in [0.1, 0.15) is 0 Å². The van der Waals surface area contributed by atoms with Gasteiger partial charge in [0, 0.05) is 0 Å². The second kappa shape index (κ2) is 5.96. The third-order valence-corrected chi connectivity index (χ3v) is 3.64. The highest BCUT2D eigenvalue weighted by molar-refractivity contribution is 6.70. The van der Waals surface area contributed by atoms with Crippen molar-refractivity contribution in [2.24, 2.45) is 0 Å². The lowest BCUT2D eigenvalue weighted by Gasteiger charge is -2.31. The second-order valence-electron chi connectivity index (χ2n) is 5.98. The third-order valence-electron chi connectivity index (χ3n) is 1.72. The first kappa shape index (κ1) is 17.3. The van der Waals surface area contributed by atoms with E-state index in [-0.39, 0.29) is 0 Å². The Balaban J connectivity index is 5.13. The number of hydrogen-bond acceptors (Lipinski definition) is 4. The van der Waals surface area contributed by atoms with E-state index in [2.05, 4.69) is 0 Å². The molecular weight excluding hydrogens is 272 g/mol. The minimum atomic E-state index is -2.18. The molecular formula is C10H22O6Si2. The Bertz CT molecular complexity index is 285. The molecule has 0 rings (SSSR count). The van der Waals surface area contributed by atoms with Crippen molar-refractivity contribution in [1.82, 2.24) is 0 Å². The summed E-state index contributed by atoms with van der Waals surface area (Å²) >= 11 is 0. The predicted octanol–water partition coefficient (Wildman–Crippen LogP) is 1.60. The topological polar surface area (TPSA) is 93.1 Å².